The first-order valence-electron chi connectivity index (χ1n) is 7.04. The van der Waals surface area contributed by atoms with Gasteiger partial charge in [0.2, 0.25) is 5.91 Å². The normalized spacial score (nSPS) is 14.2. The monoisotopic (exact) mass is 347 g/mol. The van der Waals surface area contributed by atoms with Crippen LogP contribution in [0.4, 0.5) is 10.5 Å². The van der Waals surface area contributed by atoms with Crippen LogP contribution in [0.1, 0.15) is 0 Å². The minimum atomic E-state index is -0.841. The molecular weight excluding hydrogens is 334 g/mol. The second-order valence-corrected chi connectivity index (χ2v) is 5.91. The fourth-order valence-electron chi connectivity index (χ4n) is 2.16. The number of rotatable bonds is 4. The number of hydrogen-bond acceptors (Lipinski definition) is 6. The second-order valence-electron chi connectivity index (χ2n) is 4.98. The first-order chi connectivity index (χ1) is 11.5. The van der Waals surface area contributed by atoms with Crippen molar-refractivity contribution in [3.63, 3.8) is 0 Å². The molecule has 124 valence electrons. The van der Waals surface area contributed by atoms with E-state index in [2.05, 4.69) is 20.8 Å². The smallest absolute Gasteiger partial charge is 0.313 e. The van der Waals surface area contributed by atoms with Gasteiger partial charge in [0.05, 0.1) is 17.5 Å². The van der Waals surface area contributed by atoms with Crippen LogP contribution in [0.3, 0.4) is 0 Å². The predicted octanol–water partition coefficient (Wildman–Crippen LogP) is 0.313. The van der Waals surface area contributed by atoms with Crippen molar-refractivity contribution in [1.82, 2.24) is 20.4 Å². The minimum Gasteiger partial charge on any atom is -0.346 e. The van der Waals surface area contributed by atoms with E-state index in [1.807, 2.05) is 0 Å². The number of aromatic amines is 1. The Morgan fingerprint density at radius 2 is 2.12 bits per heavy atom. The zero-order valence-electron chi connectivity index (χ0n) is 12.4. The number of nitrogens with zero attached hydrogens (tertiary/aromatic N) is 2. The van der Waals surface area contributed by atoms with E-state index < -0.39 is 11.8 Å². The molecule has 1 aliphatic heterocycles. The van der Waals surface area contributed by atoms with Gasteiger partial charge in [0.25, 0.3) is 5.24 Å². The Kier molecular flexibility index (Phi) is 4.47. The number of hydrogen-bond donors (Lipinski definition) is 3. The van der Waals surface area contributed by atoms with Crippen molar-refractivity contribution in [2.45, 2.75) is 0 Å². The first-order valence-corrected chi connectivity index (χ1v) is 8.02. The van der Waals surface area contributed by atoms with Crippen molar-refractivity contribution in [2.75, 3.05) is 24.2 Å². The van der Waals surface area contributed by atoms with E-state index in [0.29, 0.717) is 5.69 Å². The van der Waals surface area contributed by atoms with Gasteiger partial charge in [0, 0.05) is 24.2 Å². The van der Waals surface area contributed by atoms with Gasteiger partial charge < -0.3 is 10.6 Å². The van der Waals surface area contributed by atoms with E-state index in [1.54, 1.807) is 24.4 Å². The largest absolute Gasteiger partial charge is 0.346 e. The van der Waals surface area contributed by atoms with Gasteiger partial charge in [-0.05, 0) is 18.2 Å². The van der Waals surface area contributed by atoms with E-state index in [0.717, 1.165) is 27.6 Å². The van der Waals surface area contributed by atoms with Gasteiger partial charge in [-0.15, -0.1) is 0 Å². The maximum absolute atomic E-state index is 11.8. The standard InChI is InChI=1S/C14H13N5O4S/c20-11-7-24-14(23)19(11)4-3-15-12(21)13(22)17-9-2-1-8-6-16-18-10(8)5-9/h1-2,5-6H,3-4,7H2,(H,15,21)(H,16,18)(H,17,22). The summed E-state index contributed by atoms with van der Waals surface area (Å²) in [6.07, 6.45) is 1.65. The molecule has 4 amide bonds. The molecule has 0 unspecified atom stereocenters. The van der Waals surface area contributed by atoms with Crippen molar-refractivity contribution >= 4 is 51.3 Å². The summed E-state index contributed by atoms with van der Waals surface area (Å²) in [4.78, 5) is 47.4. The van der Waals surface area contributed by atoms with E-state index in [1.165, 1.54) is 0 Å². The number of H-pyrrole nitrogens is 1. The van der Waals surface area contributed by atoms with E-state index in [-0.39, 0.29) is 30.0 Å². The van der Waals surface area contributed by atoms with E-state index >= 15 is 0 Å². The number of aromatic nitrogens is 2. The minimum absolute atomic E-state index is 0.0177. The van der Waals surface area contributed by atoms with Crippen molar-refractivity contribution in [2.24, 2.45) is 0 Å². The average molecular weight is 347 g/mol. The van der Waals surface area contributed by atoms with Crippen molar-refractivity contribution in [1.29, 1.82) is 0 Å². The summed E-state index contributed by atoms with van der Waals surface area (Å²) in [6.45, 7) is 0.0632. The molecule has 10 heteroatoms. The van der Waals surface area contributed by atoms with E-state index in [9.17, 15) is 19.2 Å². The van der Waals surface area contributed by atoms with Crippen LogP contribution in [0.15, 0.2) is 24.4 Å². The Morgan fingerprint density at radius 3 is 2.88 bits per heavy atom. The number of fused-ring (bicyclic) bond motifs is 1. The Balaban J connectivity index is 1.50. The fraction of sp³-hybridized carbons (Fsp3) is 0.214. The molecule has 24 heavy (non-hydrogen) atoms. The topological polar surface area (TPSA) is 124 Å². The van der Waals surface area contributed by atoms with Gasteiger partial charge in [-0.2, -0.15) is 5.10 Å². The molecule has 2 heterocycles. The van der Waals surface area contributed by atoms with Gasteiger partial charge in [0.1, 0.15) is 0 Å². The number of amides is 4. The highest BCUT2D eigenvalue weighted by molar-refractivity contribution is 8.14. The first kappa shape index (κ1) is 16.0. The fourth-order valence-corrected chi connectivity index (χ4v) is 2.91. The third-order valence-corrected chi connectivity index (χ3v) is 4.23. The number of nitrogens with one attached hydrogen (secondary N) is 3. The maximum Gasteiger partial charge on any atom is 0.313 e. The van der Waals surface area contributed by atoms with Crippen LogP contribution in [0, 0.1) is 0 Å². The molecule has 0 radical (unpaired) electrons. The molecule has 0 spiro atoms. The summed E-state index contributed by atoms with van der Waals surface area (Å²) in [5.41, 5.74) is 1.19. The molecule has 1 aromatic heterocycles. The number of imide groups is 1. The summed E-state index contributed by atoms with van der Waals surface area (Å²) in [7, 11) is 0. The van der Waals surface area contributed by atoms with E-state index in [4.69, 9.17) is 0 Å². The highest BCUT2D eigenvalue weighted by Gasteiger charge is 2.29. The average Bonchev–Trinajstić information content (AvgIpc) is 3.15. The molecule has 0 atom stereocenters. The number of thioether (sulfide) groups is 1. The Morgan fingerprint density at radius 1 is 1.29 bits per heavy atom. The zero-order valence-corrected chi connectivity index (χ0v) is 13.2. The molecule has 1 aliphatic rings. The zero-order chi connectivity index (χ0) is 17.1. The molecule has 0 bridgehead atoms. The number of carbonyl (C=O) groups excluding carboxylic acids is 4. The Labute approximate surface area is 140 Å². The second kappa shape index (κ2) is 6.71. The predicted molar refractivity (Wildman–Crippen MR) is 87.3 cm³/mol. The number of anilines is 1. The lowest BCUT2D eigenvalue weighted by Crippen LogP contribution is -2.41. The lowest BCUT2D eigenvalue weighted by molar-refractivity contribution is -0.136. The summed E-state index contributed by atoms with van der Waals surface area (Å²) in [5, 5.41) is 12.0. The molecule has 3 N–H and O–H groups in total. The summed E-state index contributed by atoms with van der Waals surface area (Å²) in [6, 6.07) is 5.07. The quantitative estimate of drug-likeness (QED) is 0.684. The lowest BCUT2D eigenvalue weighted by atomic mass is 10.2. The van der Waals surface area contributed by atoms with Crippen LogP contribution in [0.2, 0.25) is 0 Å². The van der Waals surface area contributed by atoms with Crippen LogP contribution >= 0.6 is 11.8 Å². The van der Waals surface area contributed by atoms with Gasteiger partial charge in [-0.3, -0.25) is 29.2 Å². The number of benzene rings is 1. The van der Waals surface area contributed by atoms with Crippen LogP contribution in [0.25, 0.3) is 10.9 Å². The molecule has 3 rings (SSSR count). The Hall–Kier alpha value is -2.88. The summed E-state index contributed by atoms with van der Waals surface area (Å²) < 4.78 is 0. The highest BCUT2D eigenvalue weighted by Crippen LogP contribution is 2.18. The summed E-state index contributed by atoms with van der Waals surface area (Å²) >= 11 is 0.919. The van der Waals surface area contributed by atoms with Crippen LogP contribution in [-0.2, 0) is 14.4 Å². The van der Waals surface area contributed by atoms with Crippen molar-refractivity contribution in [3.05, 3.63) is 24.4 Å². The summed E-state index contributed by atoms with van der Waals surface area (Å²) in [5.74, 6) is -1.85. The molecular formula is C14H13N5O4S. The van der Waals surface area contributed by atoms with Crippen molar-refractivity contribution < 1.29 is 19.2 Å². The molecule has 0 aliphatic carbocycles. The molecule has 0 saturated carbocycles. The number of carbonyl (C=O) groups is 4. The SMILES string of the molecule is O=C(NCCN1C(=O)CSC1=O)C(=O)Nc1ccc2cn[nH]c2c1. The third kappa shape index (κ3) is 3.38. The van der Waals surface area contributed by atoms with Crippen molar-refractivity contribution in [3.8, 4) is 0 Å². The van der Waals surface area contributed by atoms with Gasteiger partial charge >= 0.3 is 11.8 Å². The van der Waals surface area contributed by atoms with Crippen LogP contribution in [-0.4, -0.2) is 56.9 Å². The van der Waals surface area contributed by atoms with Crippen LogP contribution in [0.5, 0.6) is 0 Å². The third-order valence-electron chi connectivity index (χ3n) is 3.37. The van der Waals surface area contributed by atoms with Crippen LogP contribution < -0.4 is 10.6 Å². The Bertz CT molecular complexity index is 817. The maximum atomic E-state index is 11.8. The molecule has 9 nitrogen and oxygen atoms in total. The molecule has 1 saturated heterocycles. The lowest BCUT2D eigenvalue weighted by Gasteiger charge is -2.13. The van der Waals surface area contributed by atoms with Gasteiger partial charge in [-0.1, -0.05) is 11.8 Å². The van der Waals surface area contributed by atoms with Gasteiger partial charge in [0.15, 0.2) is 0 Å². The molecule has 2 aromatic rings. The van der Waals surface area contributed by atoms with Gasteiger partial charge in [-0.25, -0.2) is 0 Å². The molecule has 1 fully saturated rings. The highest BCUT2D eigenvalue weighted by atomic mass is 32.2. The molecule has 1 aromatic carbocycles.